The van der Waals surface area contributed by atoms with Crippen molar-refractivity contribution in [1.82, 2.24) is 10.2 Å². The van der Waals surface area contributed by atoms with Gasteiger partial charge in [-0.1, -0.05) is 54.6 Å². The second-order valence-electron chi connectivity index (χ2n) is 13.4. The summed E-state index contributed by atoms with van der Waals surface area (Å²) in [4.78, 5) is 62.2. The number of aliphatic hydroxyl groups is 1. The third-order valence-corrected chi connectivity index (χ3v) is 10.4. The molecular weight excluding hydrogens is 636 g/mol. The van der Waals surface area contributed by atoms with E-state index in [2.05, 4.69) is 24.1 Å². The van der Waals surface area contributed by atoms with Gasteiger partial charge in [0.05, 0.1) is 18.1 Å². The molecule has 4 aliphatic rings. The number of cyclic esters (lactones) is 1. The van der Waals surface area contributed by atoms with Crippen LogP contribution in [0.25, 0.3) is 0 Å². The van der Waals surface area contributed by atoms with Crippen LogP contribution in [0.3, 0.4) is 0 Å². The Bertz CT molecular complexity index is 1610. The predicted octanol–water partition coefficient (Wildman–Crippen LogP) is 3.93. The highest BCUT2D eigenvalue weighted by atomic mass is 16.6. The van der Waals surface area contributed by atoms with Crippen molar-refractivity contribution in [3.63, 3.8) is 0 Å². The minimum Gasteiger partial charge on any atom is -0.455 e. The van der Waals surface area contributed by atoms with Gasteiger partial charge in [-0.3, -0.25) is 19.2 Å². The number of nitrogens with one attached hydrogen (secondary N) is 1. The number of benzene rings is 2. The van der Waals surface area contributed by atoms with Gasteiger partial charge in [0, 0.05) is 50.6 Å². The van der Waals surface area contributed by atoms with E-state index in [4.69, 9.17) is 9.47 Å². The Morgan fingerprint density at radius 3 is 2.40 bits per heavy atom. The maximum Gasteiger partial charge on any atom is 0.313 e. The van der Waals surface area contributed by atoms with Crippen LogP contribution >= 0.6 is 0 Å². The molecule has 2 aromatic rings. The summed E-state index contributed by atoms with van der Waals surface area (Å²) >= 11 is 0. The van der Waals surface area contributed by atoms with Gasteiger partial charge in [-0.2, -0.15) is 0 Å². The van der Waals surface area contributed by atoms with E-state index >= 15 is 0 Å². The Hall–Kier alpha value is -4.48. The summed E-state index contributed by atoms with van der Waals surface area (Å²) in [5.41, 5.74) is 1.01. The van der Waals surface area contributed by atoms with Gasteiger partial charge in [-0.05, 0) is 69.9 Å². The number of allylic oxidation sites excluding steroid dienone is 1. The number of ether oxygens (including phenoxy) is 2. The van der Waals surface area contributed by atoms with Gasteiger partial charge < -0.3 is 34.6 Å². The fourth-order valence-corrected chi connectivity index (χ4v) is 8.00. The van der Waals surface area contributed by atoms with Crippen LogP contribution < -0.4 is 15.1 Å². The molecule has 2 fully saturated rings. The van der Waals surface area contributed by atoms with Crippen LogP contribution in [0.15, 0.2) is 78.9 Å². The van der Waals surface area contributed by atoms with Crippen molar-refractivity contribution in [2.75, 3.05) is 42.6 Å². The molecular formula is C39H48N4O7. The van der Waals surface area contributed by atoms with Gasteiger partial charge in [0.15, 0.2) is 0 Å². The van der Waals surface area contributed by atoms with E-state index in [1.165, 1.54) is 0 Å². The minimum atomic E-state index is -1.44. The fourth-order valence-electron chi connectivity index (χ4n) is 8.00. The zero-order valence-electron chi connectivity index (χ0n) is 29.1. The van der Waals surface area contributed by atoms with Crippen molar-refractivity contribution in [2.45, 2.75) is 76.3 Å². The largest absolute Gasteiger partial charge is 0.455 e. The average Bonchev–Trinajstić information content (AvgIpc) is 3.50. The van der Waals surface area contributed by atoms with Crippen LogP contribution in [0.5, 0.6) is 0 Å². The monoisotopic (exact) mass is 684 g/mol. The zero-order valence-corrected chi connectivity index (χ0v) is 29.1. The number of hydrogen-bond donors (Lipinski definition) is 2. The van der Waals surface area contributed by atoms with Crippen LogP contribution in [0.2, 0.25) is 0 Å². The molecule has 0 radical (unpaired) electrons. The number of rotatable bonds is 9. The molecule has 7 atom stereocenters. The number of aliphatic hydroxyl groups excluding tert-OH is 1. The summed E-state index contributed by atoms with van der Waals surface area (Å²) in [5, 5.41) is 12.5. The molecule has 4 aliphatic heterocycles. The maximum absolute atomic E-state index is 14.8. The van der Waals surface area contributed by atoms with Gasteiger partial charge in [0.1, 0.15) is 23.7 Å². The third kappa shape index (κ3) is 6.56. The van der Waals surface area contributed by atoms with E-state index in [9.17, 15) is 24.3 Å². The minimum absolute atomic E-state index is 0.0476. The van der Waals surface area contributed by atoms with E-state index in [1.54, 1.807) is 28.9 Å². The van der Waals surface area contributed by atoms with E-state index in [-0.39, 0.29) is 43.8 Å². The molecule has 11 nitrogen and oxygen atoms in total. The van der Waals surface area contributed by atoms with Gasteiger partial charge in [0.2, 0.25) is 11.8 Å². The summed E-state index contributed by atoms with van der Waals surface area (Å²) in [6, 6.07) is 15.5. The molecule has 6 rings (SSSR count). The number of esters is 1. The SMILES string of the molecule is CCN(CC)c1ccc(N2CC=C[C@]34O[C@@H]5/C=C\CCC(=O)N[C@H](C)[C@@H](c6ccccc6)OC(=O)[C@@H]5[C@H]3C(=O)N(CCCCO)[C@@H]4C2=O)cc1. The normalized spacial score (nSPS) is 30.3. The van der Waals surface area contributed by atoms with Gasteiger partial charge in [-0.15, -0.1) is 0 Å². The number of nitrogens with zero attached hydrogens (tertiary/aromatic N) is 3. The molecule has 266 valence electrons. The molecule has 0 saturated carbocycles. The zero-order chi connectivity index (χ0) is 35.4. The lowest BCUT2D eigenvalue weighted by Crippen LogP contribution is -2.55. The van der Waals surface area contributed by atoms with Crippen LogP contribution in [0.1, 0.15) is 58.1 Å². The molecule has 2 N–H and O–H groups in total. The molecule has 0 unspecified atom stereocenters. The highest BCUT2D eigenvalue weighted by Crippen LogP contribution is 2.53. The molecule has 2 saturated heterocycles. The second kappa shape index (κ2) is 15.2. The Morgan fingerprint density at radius 1 is 0.960 bits per heavy atom. The molecule has 3 amide bonds. The highest BCUT2D eigenvalue weighted by Gasteiger charge is 2.71. The van der Waals surface area contributed by atoms with E-state index < -0.39 is 47.7 Å². The Kier molecular flexibility index (Phi) is 10.7. The van der Waals surface area contributed by atoms with Gasteiger partial charge in [-0.25, -0.2) is 0 Å². The fraction of sp³-hybridized carbons (Fsp3) is 0.487. The lowest BCUT2D eigenvalue weighted by atomic mass is 9.77. The van der Waals surface area contributed by atoms with Crippen LogP contribution in [-0.4, -0.2) is 90.3 Å². The average molecular weight is 685 g/mol. The first kappa shape index (κ1) is 35.3. The molecule has 11 heteroatoms. The third-order valence-electron chi connectivity index (χ3n) is 10.4. The number of hydrogen-bond acceptors (Lipinski definition) is 8. The van der Waals surface area contributed by atoms with E-state index in [1.807, 2.05) is 66.7 Å². The number of anilines is 2. The number of amides is 3. The summed E-state index contributed by atoms with van der Waals surface area (Å²) in [5.74, 6) is -3.53. The van der Waals surface area contributed by atoms with Crippen molar-refractivity contribution in [3.05, 3.63) is 84.5 Å². The summed E-state index contributed by atoms with van der Waals surface area (Å²) in [7, 11) is 0. The lowest BCUT2D eigenvalue weighted by molar-refractivity contribution is -0.161. The van der Waals surface area contributed by atoms with Gasteiger partial charge >= 0.3 is 5.97 Å². The summed E-state index contributed by atoms with van der Waals surface area (Å²) < 4.78 is 13.1. The Balaban J connectivity index is 1.40. The number of carbonyl (C=O) groups excluding carboxylic acids is 4. The van der Waals surface area contributed by atoms with E-state index in [0.29, 0.717) is 30.5 Å². The first-order valence-corrected chi connectivity index (χ1v) is 17.9. The van der Waals surface area contributed by atoms with Crippen molar-refractivity contribution >= 4 is 35.1 Å². The second-order valence-corrected chi connectivity index (χ2v) is 13.4. The molecule has 2 aromatic carbocycles. The maximum atomic E-state index is 14.8. The number of fused-ring (bicyclic) bond motifs is 2. The number of unbranched alkanes of at least 4 members (excludes halogenated alkanes) is 1. The first-order chi connectivity index (χ1) is 24.2. The van der Waals surface area contributed by atoms with Crippen molar-refractivity contribution in [3.8, 4) is 0 Å². The van der Waals surface area contributed by atoms with Crippen molar-refractivity contribution in [1.29, 1.82) is 0 Å². The van der Waals surface area contributed by atoms with Gasteiger partial charge in [0.25, 0.3) is 5.91 Å². The van der Waals surface area contributed by atoms with Crippen LogP contribution in [-0.2, 0) is 28.7 Å². The molecule has 1 spiro atoms. The molecule has 0 aliphatic carbocycles. The topological polar surface area (TPSA) is 129 Å². The quantitative estimate of drug-likeness (QED) is 0.231. The molecule has 4 heterocycles. The Labute approximate surface area is 293 Å². The standard InChI is InChI=1S/C39H48N4O7/c1-4-41(5-2)28-18-20-29(21-19-28)42-24-13-22-39-33(36(46)43(23-11-12-25-44)35(39)37(42)47)32-30(50-39)16-9-10-17-31(45)40-26(3)34(49-38(32)48)27-14-7-6-8-15-27/h6-9,13-16,18-22,26,30,32-35,44H,4-5,10-12,17,23-25H2,1-3H3,(H,40,45)/b16-9-/t26-,30-,32+,33+,34+,35-,39+/m1/s1. The van der Waals surface area contributed by atoms with Crippen molar-refractivity contribution in [2.24, 2.45) is 11.8 Å². The molecule has 0 bridgehead atoms. The Morgan fingerprint density at radius 2 is 1.70 bits per heavy atom. The molecule has 0 aromatic heterocycles. The van der Waals surface area contributed by atoms with Crippen molar-refractivity contribution < 1.29 is 33.8 Å². The highest BCUT2D eigenvalue weighted by molar-refractivity contribution is 6.05. The number of carbonyl (C=O) groups is 4. The van der Waals surface area contributed by atoms with Crippen LogP contribution in [0, 0.1) is 11.8 Å². The predicted molar refractivity (Wildman–Crippen MR) is 189 cm³/mol. The van der Waals surface area contributed by atoms with E-state index in [0.717, 1.165) is 18.8 Å². The number of likely N-dealkylation sites (tertiary alicyclic amines) is 1. The summed E-state index contributed by atoms with van der Waals surface area (Å²) in [6.45, 7) is 8.12. The molecule has 50 heavy (non-hydrogen) atoms. The van der Waals surface area contributed by atoms with Crippen LogP contribution in [0.4, 0.5) is 11.4 Å². The lowest BCUT2D eigenvalue weighted by Gasteiger charge is -2.35. The first-order valence-electron chi connectivity index (χ1n) is 17.9. The smallest absolute Gasteiger partial charge is 0.313 e. The summed E-state index contributed by atoms with van der Waals surface area (Å²) in [6.07, 6.45) is 7.07.